The minimum absolute atomic E-state index is 0.597. The van der Waals surface area contributed by atoms with Crippen molar-refractivity contribution < 1.29 is 14.2 Å². The highest BCUT2D eigenvalue weighted by Crippen LogP contribution is 2.40. The van der Waals surface area contributed by atoms with Gasteiger partial charge in [-0.1, -0.05) is 0 Å². The SMILES string of the molecule is COc1cc(NCc2ccc(Br)s2)cc(OC)c1OC. The zero-order chi connectivity index (χ0) is 14.5. The van der Waals surface area contributed by atoms with E-state index >= 15 is 0 Å². The first-order valence-corrected chi connectivity index (χ1v) is 7.57. The number of thiophene rings is 1. The third-order valence-corrected chi connectivity index (χ3v) is 4.38. The van der Waals surface area contributed by atoms with Gasteiger partial charge in [-0.3, -0.25) is 0 Å². The van der Waals surface area contributed by atoms with Gasteiger partial charge < -0.3 is 19.5 Å². The van der Waals surface area contributed by atoms with Gasteiger partial charge in [0.2, 0.25) is 5.75 Å². The van der Waals surface area contributed by atoms with Gasteiger partial charge in [0.05, 0.1) is 25.1 Å². The molecule has 0 radical (unpaired) electrons. The first-order chi connectivity index (χ1) is 9.67. The monoisotopic (exact) mass is 357 g/mol. The molecule has 0 aliphatic heterocycles. The van der Waals surface area contributed by atoms with Crippen molar-refractivity contribution in [2.75, 3.05) is 26.6 Å². The Kier molecular flexibility index (Phi) is 5.14. The fourth-order valence-corrected chi connectivity index (χ4v) is 3.24. The predicted octanol–water partition coefficient (Wildman–Crippen LogP) is 4.15. The van der Waals surface area contributed by atoms with Crippen LogP contribution in [0.3, 0.4) is 0 Å². The smallest absolute Gasteiger partial charge is 0.203 e. The summed E-state index contributed by atoms with van der Waals surface area (Å²) >= 11 is 5.16. The maximum Gasteiger partial charge on any atom is 0.203 e. The molecule has 4 nitrogen and oxygen atoms in total. The van der Waals surface area contributed by atoms with E-state index in [1.54, 1.807) is 32.7 Å². The van der Waals surface area contributed by atoms with Crippen LogP contribution in [0.2, 0.25) is 0 Å². The number of anilines is 1. The van der Waals surface area contributed by atoms with Gasteiger partial charge in [-0.25, -0.2) is 0 Å². The molecule has 0 saturated heterocycles. The van der Waals surface area contributed by atoms with E-state index in [4.69, 9.17) is 14.2 Å². The number of hydrogen-bond acceptors (Lipinski definition) is 5. The van der Waals surface area contributed by atoms with Crippen molar-refractivity contribution in [1.29, 1.82) is 0 Å². The van der Waals surface area contributed by atoms with Crippen LogP contribution in [0.1, 0.15) is 4.88 Å². The molecule has 0 fully saturated rings. The topological polar surface area (TPSA) is 39.7 Å². The lowest BCUT2D eigenvalue weighted by molar-refractivity contribution is 0.324. The van der Waals surface area contributed by atoms with Crippen LogP contribution in [0, 0.1) is 0 Å². The van der Waals surface area contributed by atoms with Crippen LogP contribution in [0.25, 0.3) is 0 Å². The molecule has 1 heterocycles. The van der Waals surface area contributed by atoms with Gasteiger partial charge in [0.15, 0.2) is 11.5 Å². The fraction of sp³-hybridized carbons (Fsp3) is 0.286. The zero-order valence-corrected chi connectivity index (χ0v) is 13.9. The predicted molar refractivity (Wildman–Crippen MR) is 85.4 cm³/mol. The first-order valence-electron chi connectivity index (χ1n) is 5.96. The lowest BCUT2D eigenvalue weighted by Crippen LogP contribution is -2.00. The number of nitrogens with one attached hydrogen (secondary N) is 1. The molecule has 2 aromatic rings. The van der Waals surface area contributed by atoms with Gasteiger partial charge in [-0.05, 0) is 28.1 Å². The molecule has 20 heavy (non-hydrogen) atoms. The van der Waals surface area contributed by atoms with E-state index in [-0.39, 0.29) is 0 Å². The molecule has 0 bridgehead atoms. The second-order valence-electron chi connectivity index (χ2n) is 3.97. The standard InChI is InChI=1S/C14H16BrNO3S/c1-17-11-6-9(7-12(18-2)14(11)19-3)16-8-10-4-5-13(15)20-10/h4-7,16H,8H2,1-3H3. The highest BCUT2D eigenvalue weighted by molar-refractivity contribution is 9.11. The zero-order valence-electron chi connectivity index (χ0n) is 11.5. The maximum absolute atomic E-state index is 5.33. The van der Waals surface area contributed by atoms with Crippen molar-refractivity contribution in [3.8, 4) is 17.2 Å². The molecule has 1 aromatic carbocycles. The van der Waals surface area contributed by atoms with Crippen molar-refractivity contribution in [1.82, 2.24) is 0 Å². The normalized spacial score (nSPS) is 10.2. The quantitative estimate of drug-likeness (QED) is 0.842. The number of benzene rings is 1. The molecule has 0 amide bonds. The Morgan fingerprint density at radius 1 is 1.05 bits per heavy atom. The Bertz CT molecular complexity index is 561. The average Bonchev–Trinajstić information content (AvgIpc) is 2.89. The van der Waals surface area contributed by atoms with Crippen molar-refractivity contribution in [2.45, 2.75) is 6.54 Å². The molecule has 6 heteroatoms. The minimum atomic E-state index is 0.597. The Hall–Kier alpha value is -1.40. The maximum atomic E-state index is 5.33. The lowest BCUT2D eigenvalue weighted by Gasteiger charge is -2.14. The van der Waals surface area contributed by atoms with Gasteiger partial charge in [0.25, 0.3) is 0 Å². The summed E-state index contributed by atoms with van der Waals surface area (Å²) in [6, 6.07) is 7.91. The molecule has 0 atom stereocenters. The molecule has 0 saturated carbocycles. The average molecular weight is 358 g/mol. The molecule has 108 valence electrons. The molecule has 0 unspecified atom stereocenters. The summed E-state index contributed by atoms with van der Waals surface area (Å²) in [5.74, 6) is 1.88. The molecule has 0 spiro atoms. The summed E-state index contributed by atoms with van der Waals surface area (Å²) in [6.07, 6.45) is 0. The van der Waals surface area contributed by atoms with Gasteiger partial charge in [0.1, 0.15) is 0 Å². The summed E-state index contributed by atoms with van der Waals surface area (Å²) in [5, 5.41) is 3.35. The largest absolute Gasteiger partial charge is 0.493 e. The Morgan fingerprint density at radius 2 is 1.70 bits per heavy atom. The second kappa shape index (κ2) is 6.85. The number of rotatable bonds is 6. The Balaban J connectivity index is 2.19. The third-order valence-electron chi connectivity index (χ3n) is 2.76. The van der Waals surface area contributed by atoms with Crippen LogP contribution >= 0.6 is 27.3 Å². The van der Waals surface area contributed by atoms with Gasteiger partial charge >= 0.3 is 0 Å². The second-order valence-corrected chi connectivity index (χ2v) is 6.52. The number of methoxy groups -OCH3 is 3. The number of ether oxygens (including phenoxy) is 3. The van der Waals surface area contributed by atoms with Gasteiger partial charge in [0, 0.05) is 29.2 Å². The summed E-state index contributed by atoms with van der Waals surface area (Å²) in [5.41, 5.74) is 0.920. The molecule has 0 aliphatic carbocycles. The molecule has 1 aromatic heterocycles. The highest BCUT2D eigenvalue weighted by atomic mass is 79.9. The van der Waals surface area contributed by atoms with Crippen LogP contribution in [0.4, 0.5) is 5.69 Å². The van der Waals surface area contributed by atoms with Crippen molar-refractivity contribution in [3.05, 3.63) is 32.9 Å². The number of halogens is 1. The van der Waals surface area contributed by atoms with E-state index in [1.807, 2.05) is 18.2 Å². The van der Waals surface area contributed by atoms with E-state index < -0.39 is 0 Å². The Morgan fingerprint density at radius 3 is 2.15 bits per heavy atom. The van der Waals surface area contributed by atoms with Crippen molar-refractivity contribution in [3.63, 3.8) is 0 Å². The summed E-state index contributed by atoms with van der Waals surface area (Å²) in [4.78, 5) is 1.24. The first kappa shape index (κ1) is 15.0. The summed E-state index contributed by atoms with van der Waals surface area (Å²) < 4.78 is 17.1. The van der Waals surface area contributed by atoms with E-state index in [9.17, 15) is 0 Å². The molecule has 0 aliphatic rings. The number of hydrogen-bond donors (Lipinski definition) is 1. The van der Waals surface area contributed by atoms with E-state index in [0.29, 0.717) is 17.2 Å². The third kappa shape index (κ3) is 3.37. The minimum Gasteiger partial charge on any atom is -0.493 e. The Labute approximate surface area is 130 Å². The van der Waals surface area contributed by atoms with Crippen LogP contribution in [-0.4, -0.2) is 21.3 Å². The van der Waals surface area contributed by atoms with Crippen LogP contribution in [-0.2, 0) is 6.54 Å². The van der Waals surface area contributed by atoms with Gasteiger partial charge in [-0.2, -0.15) is 0 Å². The van der Waals surface area contributed by atoms with Crippen molar-refractivity contribution in [2.24, 2.45) is 0 Å². The summed E-state index contributed by atoms with van der Waals surface area (Å²) in [6.45, 7) is 0.745. The molecular weight excluding hydrogens is 342 g/mol. The summed E-state index contributed by atoms with van der Waals surface area (Å²) in [7, 11) is 4.81. The van der Waals surface area contributed by atoms with E-state index in [1.165, 1.54) is 4.88 Å². The van der Waals surface area contributed by atoms with Crippen LogP contribution in [0.5, 0.6) is 17.2 Å². The molecular formula is C14H16BrNO3S. The van der Waals surface area contributed by atoms with Gasteiger partial charge in [-0.15, -0.1) is 11.3 Å². The molecule has 2 rings (SSSR count). The lowest BCUT2D eigenvalue weighted by atomic mass is 10.2. The fourth-order valence-electron chi connectivity index (χ4n) is 1.82. The van der Waals surface area contributed by atoms with Crippen LogP contribution < -0.4 is 19.5 Å². The highest BCUT2D eigenvalue weighted by Gasteiger charge is 2.13. The van der Waals surface area contributed by atoms with Crippen molar-refractivity contribution >= 4 is 33.0 Å². The van der Waals surface area contributed by atoms with E-state index in [2.05, 4.69) is 27.3 Å². The molecule has 1 N–H and O–H groups in total. The van der Waals surface area contributed by atoms with E-state index in [0.717, 1.165) is 16.0 Å². The van der Waals surface area contributed by atoms with Crippen LogP contribution in [0.15, 0.2) is 28.1 Å².